The first-order valence-electron chi connectivity index (χ1n) is 11.5. The number of carbonyl (C=O) groups is 2. The monoisotopic (exact) mass is 549 g/mol. The van der Waals surface area contributed by atoms with Crippen LogP contribution in [0.3, 0.4) is 0 Å². The van der Waals surface area contributed by atoms with Gasteiger partial charge in [0.05, 0.1) is 13.2 Å². The first kappa shape index (κ1) is 28.7. The summed E-state index contributed by atoms with van der Waals surface area (Å²) in [6.45, 7) is 3.36. The van der Waals surface area contributed by atoms with Gasteiger partial charge in [-0.15, -0.1) is 0 Å². The second kappa shape index (κ2) is 10.9. The van der Waals surface area contributed by atoms with Gasteiger partial charge in [-0.05, 0) is 44.9 Å². The lowest BCUT2D eigenvalue weighted by Gasteiger charge is -2.41. The first-order chi connectivity index (χ1) is 16.7. The molecule has 1 aliphatic heterocycles. The Morgan fingerprint density at radius 3 is 2.19 bits per heavy atom. The van der Waals surface area contributed by atoms with Gasteiger partial charge in [-0.25, -0.2) is 4.79 Å². The Bertz CT molecular complexity index is 927. The molecule has 3 aliphatic rings. The molecule has 3 rings (SSSR count). The highest BCUT2D eigenvalue weighted by molar-refractivity contribution is 7.88. The Labute approximate surface area is 204 Å². The number of halogens is 5. The molecule has 2 unspecified atom stereocenters. The number of nitrogens with one attached hydrogen (secondary N) is 1. The SMILES string of the molecule is C=CC(=O)OC1CCC(NC(=O)C(F)(F)S(=O)(=O)OC(C2CCCC23OCCCO3)C(F)(F)F)CC1. The largest absolute Gasteiger partial charge is 0.459 e. The molecule has 9 nitrogen and oxygen atoms in total. The van der Waals surface area contributed by atoms with E-state index in [9.17, 15) is 40.0 Å². The molecule has 15 heteroatoms. The normalized spacial score (nSPS) is 27.9. The summed E-state index contributed by atoms with van der Waals surface area (Å²) in [5.74, 6) is -6.51. The highest BCUT2D eigenvalue weighted by Crippen LogP contribution is 2.49. The van der Waals surface area contributed by atoms with Crippen LogP contribution < -0.4 is 5.32 Å². The van der Waals surface area contributed by atoms with Gasteiger partial charge in [-0.1, -0.05) is 6.58 Å². The third kappa shape index (κ3) is 6.17. The molecule has 0 aromatic heterocycles. The third-order valence-corrected chi connectivity index (χ3v) is 7.82. The zero-order valence-corrected chi connectivity index (χ0v) is 20.0. The molecule has 3 fully saturated rings. The van der Waals surface area contributed by atoms with E-state index in [1.165, 1.54) is 0 Å². The number of alkyl halides is 5. The maximum atomic E-state index is 14.7. The van der Waals surface area contributed by atoms with Crippen LogP contribution in [-0.4, -0.2) is 69.0 Å². The van der Waals surface area contributed by atoms with E-state index in [2.05, 4.69) is 10.8 Å². The quantitative estimate of drug-likeness (QED) is 0.213. The number of ether oxygens (including phenoxy) is 3. The predicted molar refractivity (Wildman–Crippen MR) is 112 cm³/mol. The number of hydrogen-bond donors (Lipinski definition) is 1. The van der Waals surface area contributed by atoms with Crippen molar-refractivity contribution < 1.29 is 58.4 Å². The van der Waals surface area contributed by atoms with Crippen molar-refractivity contribution in [1.29, 1.82) is 0 Å². The summed E-state index contributed by atoms with van der Waals surface area (Å²) in [4.78, 5) is 23.4. The second-order valence-electron chi connectivity index (χ2n) is 8.98. The van der Waals surface area contributed by atoms with Gasteiger partial charge in [0, 0.05) is 24.5 Å². The Hall–Kier alpha value is -1.84. The summed E-state index contributed by atoms with van der Waals surface area (Å²) >= 11 is 0. The standard InChI is InChI=1S/C21H28F5NO8S/c1-2-16(28)34-14-8-6-13(7-9-14)27-18(29)21(25,26)36(30,31)35-17(20(22,23)24)15-5-3-10-19(15)32-11-4-12-33-19/h2,13-15,17H,1,3-12H2,(H,27,29). The van der Waals surface area contributed by atoms with E-state index in [1.54, 1.807) is 0 Å². The van der Waals surface area contributed by atoms with Gasteiger partial charge in [0.1, 0.15) is 6.10 Å². The minimum absolute atomic E-state index is 0.00924. The van der Waals surface area contributed by atoms with Crippen molar-refractivity contribution in [2.75, 3.05) is 13.2 Å². The summed E-state index contributed by atoms with van der Waals surface area (Å²) in [5.41, 5.74) is 0. The summed E-state index contributed by atoms with van der Waals surface area (Å²) < 4.78 is 116. The van der Waals surface area contributed by atoms with Crippen LogP contribution in [0.1, 0.15) is 51.4 Å². The number of rotatable bonds is 8. The zero-order valence-electron chi connectivity index (χ0n) is 19.2. The molecular formula is C21H28F5NO8S. The topological polar surface area (TPSA) is 117 Å². The molecule has 0 bridgehead atoms. The van der Waals surface area contributed by atoms with Crippen LogP contribution in [0.5, 0.6) is 0 Å². The van der Waals surface area contributed by atoms with Crippen molar-refractivity contribution >= 4 is 22.0 Å². The summed E-state index contributed by atoms with van der Waals surface area (Å²) in [7, 11) is -6.37. The van der Waals surface area contributed by atoms with Crippen LogP contribution in [-0.2, 0) is 38.1 Å². The van der Waals surface area contributed by atoms with Crippen molar-refractivity contribution in [3.05, 3.63) is 12.7 Å². The fourth-order valence-electron chi connectivity index (χ4n) is 4.77. The van der Waals surface area contributed by atoms with E-state index >= 15 is 0 Å². The molecule has 36 heavy (non-hydrogen) atoms. The van der Waals surface area contributed by atoms with Gasteiger partial charge in [0.15, 0.2) is 11.9 Å². The van der Waals surface area contributed by atoms with Crippen molar-refractivity contribution in [2.24, 2.45) is 5.92 Å². The lowest BCUT2D eigenvalue weighted by atomic mass is 9.93. The van der Waals surface area contributed by atoms with Crippen molar-refractivity contribution in [1.82, 2.24) is 5.32 Å². The maximum absolute atomic E-state index is 14.7. The number of amides is 1. The Morgan fingerprint density at radius 1 is 1.03 bits per heavy atom. The Balaban J connectivity index is 1.69. The molecule has 2 atom stereocenters. The molecule has 2 aliphatic carbocycles. The van der Waals surface area contributed by atoms with Gasteiger partial charge in [0.2, 0.25) is 0 Å². The second-order valence-corrected chi connectivity index (χ2v) is 10.6. The molecule has 1 spiro atoms. The highest BCUT2D eigenvalue weighted by atomic mass is 32.2. The smallest absolute Gasteiger partial charge is 0.446 e. The molecule has 1 saturated heterocycles. The molecule has 0 aromatic carbocycles. The molecule has 0 aromatic rings. The minimum Gasteiger partial charge on any atom is -0.459 e. The average molecular weight is 550 g/mol. The fraction of sp³-hybridized carbons (Fsp3) is 0.810. The third-order valence-electron chi connectivity index (χ3n) is 6.54. The number of esters is 1. The molecule has 0 radical (unpaired) electrons. The minimum atomic E-state index is -6.37. The molecule has 1 heterocycles. The van der Waals surface area contributed by atoms with Gasteiger partial charge in [-0.2, -0.15) is 30.4 Å². The van der Waals surface area contributed by atoms with Crippen LogP contribution in [0.2, 0.25) is 0 Å². The zero-order chi connectivity index (χ0) is 26.8. The van der Waals surface area contributed by atoms with Crippen LogP contribution >= 0.6 is 0 Å². The summed E-state index contributed by atoms with van der Waals surface area (Å²) in [6, 6.07) is -0.905. The lowest BCUT2D eigenvalue weighted by Crippen LogP contribution is -2.56. The summed E-state index contributed by atoms with van der Waals surface area (Å²) in [5, 5.41) is -3.45. The van der Waals surface area contributed by atoms with Crippen LogP contribution in [0.15, 0.2) is 12.7 Å². The molecule has 206 valence electrons. The van der Waals surface area contributed by atoms with Crippen molar-refractivity contribution in [3.63, 3.8) is 0 Å². The van der Waals surface area contributed by atoms with E-state index in [0.29, 0.717) is 6.42 Å². The first-order valence-corrected chi connectivity index (χ1v) is 12.9. The molecule has 1 N–H and O–H groups in total. The number of hydrogen-bond acceptors (Lipinski definition) is 8. The lowest BCUT2D eigenvalue weighted by molar-refractivity contribution is -0.317. The predicted octanol–water partition coefficient (Wildman–Crippen LogP) is 2.95. The summed E-state index contributed by atoms with van der Waals surface area (Å²) in [6.07, 6.45) is -7.28. The van der Waals surface area contributed by atoms with Crippen molar-refractivity contribution in [3.8, 4) is 0 Å². The Morgan fingerprint density at radius 2 is 1.64 bits per heavy atom. The van der Waals surface area contributed by atoms with E-state index < -0.39 is 63.4 Å². The van der Waals surface area contributed by atoms with Crippen LogP contribution in [0.4, 0.5) is 22.0 Å². The fourth-order valence-corrected chi connectivity index (χ4v) is 5.69. The molecular weight excluding hydrogens is 521 g/mol. The van der Waals surface area contributed by atoms with Crippen LogP contribution in [0, 0.1) is 5.92 Å². The maximum Gasteiger partial charge on any atom is 0.446 e. The van der Waals surface area contributed by atoms with E-state index in [0.717, 1.165) is 6.08 Å². The van der Waals surface area contributed by atoms with E-state index in [1.807, 2.05) is 5.32 Å². The highest BCUT2D eigenvalue weighted by Gasteiger charge is 2.63. The van der Waals surface area contributed by atoms with E-state index in [4.69, 9.17) is 14.2 Å². The van der Waals surface area contributed by atoms with Gasteiger partial charge in [0.25, 0.3) is 0 Å². The van der Waals surface area contributed by atoms with Gasteiger partial charge in [-0.3, -0.25) is 8.98 Å². The van der Waals surface area contributed by atoms with Gasteiger partial charge < -0.3 is 19.5 Å². The van der Waals surface area contributed by atoms with Gasteiger partial charge >= 0.3 is 33.4 Å². The Kier molecular flexibility index (Phi) is 8.68. The van der Waals surface area contributed by atoms with Crippen LogP contribution in [0.25, 0.3) is 0 Å². The average Bonchev–Trinajstić information content (AvgIpc) is 3.20. The molecule has 1 amide bonds. The molecule has 2 saturated carbocycles. The number of carbonyl (C=O) groups excluding carboxylic acids is 2. The van der Waals surface area contributed by atoms with E-state index in [-0.39, 0.29) is 58.2 Å². The van der Waals surface area contributed by atoms with Crippen molar-refractivity contribution in [2.45, 2.75) is 86.8 Å².